The molecule has 90 valence electrons. The number of nitrogens with one attached hydrogen (secondary N) is 1. The lowest BCUT2D eigenvalue weighted by molar-refractivity contribution is 0.925. The molecule has 2 heterocycles. The molecule has 0 amide bonds. The molecule has 0 atom stereocenters. The molecule has 0 bridgehead atoms. The molecule has 0 radical (unpaired) electrons. The van der Waals surface area contributed by atoms with E-state index in [0.717, 1.165) is 22.1 Å². The third-order valence-electron chi connectivity index (χ3n) is 2.75. The average molecular weight is 255 g/mol. The van der Waals surface area contributed by atoms with Crippen LogP contribution in [0.2, 0.25) is 0 Å². The summed E-state index contributed by atoms with van der Waals surface area (Å²) in [5.74, 6) is 0.984. The molecule has 3 nitrogen and oxygen atoms in total. The van der Waals surface area contributed by atoms with Gasteiger partial charge in [-0.3, -0.25) is 0 Å². The summed E-state index contributed by atoms with van der Waals surface area (Å²) in [6, 6.07) is 12.4. The summed E-state index contributed by atoms with van der Waals surface area (Å²) in [5, 5.41) is 6.57. The van der Waals surface area contributed by atoms with E-state index < -0.39 is 0 Å². The molecule has 2 aromatic heterocycles. The van der Waals surface area contributed by atoms with Gasteiger partial charge in [-0.1, -0.05) is 0 Å². The lowest BCUT2D eigenvalue weighted by Crippen LogP contribution is -1.92. The van der Waals surface area contributed by atoms with Crippen LogP contribution in [0.15, 0.2) is 54.2 Å². The second-order valence-corrected chi connectivity index (χ2v) is 4.99. The van der Waals surface area contributed by atoms with Crippen LogP contribution in [0.4, 0.5) is 10.7 Å². The van der Waals surface area contributed by atoms with Gasteiger partial charge in [0.1, 0.15) is 5.82 Å². The highest BCUT2D eigenvalue weighted by Crippen LogP contribution is 2.24. The lowest BCUT2D eigenvalue weighted by Gasteiger charge is -2.05. The summed E-state index contributed by atoms with van der Waals surface area (Å²) in [6.45, 7) is 0. The second-order valence-electron chi connectivity index (χ2n) is 4.04. The molecule has 0 aliphatic heterocycles. The van der Waals surface area contributed by atoms with Gasteiger partial charge in [-0.25, -0.2) is 4.98 Å². The number of hydrogen-bond donors (Lipinski definition) is 1. The predicted molar refractivity (Wildman–Crippen MR) is 76.2 cm³/mol. The Hall–Kier alpha value is -2.07. The number of benzene rings is 1. The Balaban J connectivity index is 1.83. The molecule has 0 saturated carbocycles. The van der Waals surface area contributed by atoms with Crippen molar-refractivity contribution >= 4 is 22.0 Å². The zero-order valence-electron chi connectivity index (χ0n) is 10.00. The van der Waals surface area contributed by atoms with E-state index in [0.29, 0.717) is 0 Å². The Morgan fingerprint density at radius 1 is 1.17 bits per heavy atom. The number of rotatable bonds is 3. The minimum Gasteiger partial charge on any atom is -0.347 e. The summed E-state index contributed by atoms with van der Waals surface area (Å²) in [6.07, 6.45) is 3.76. The average Bonchev–Trinajstić information content (AvgIpc) is 3.02. The SMILES string of the molecule is Cn1ccnc1-c1ccc(Nc2cccs2)cc1. The number of thiophene rings is 1. The minimum absolute atomic E-state index is 0.984. The lowest BCUT2D eigenvalue weighted by atomic mass is 10.2. The van der Waals surface area contributed by atoms with Crippen LogP contribution in [0, 0.1) is 0 Å². The van der Waals surface area contributed by atoms with Gasteiger partial charge < -0.3 is 9.88 Å². The van der Waals surface area contributed by atoms with Crippen LogP contribution in [0.3, 0.4) is 0 Å². The largest absolute Gasteiger partial charge is 0.347 e. The van der Waals surface area contributed by atoms with E-state index in [2.05, 4.69) is 46.0 Å². The van der Waals surface area contributed by atoms with Crippen molar-refractivity contribution in [2.24, 2.45) is 7.05 Å². The van der Waals surface area contributed by atoms with Crippen molar-refractivity contribution in [3.8, 4) is 11.4 Å². The van der Waals surface area contributed by atoms with Gasteiger partial charge in [-0.2, -0.15) is 0 Å². The molecule has 3 aromatic rings. The first-order chi connectivity index (χ1) is 8.83. The van der Waals surface area contributed by atoms with Gasteiger partial charge in [0, 0.05) is 30.7 Å². The first-order valence-electron chi connectivity index (χ1n) is 5.71. The molecule has 18 heavy (non-hydrogen) atoms. The fraction of sp³-hybridized carbons (Fsp3) is 0.0714. The molecule has 1 aromatic carbocycles. The predicted octanol–water partition coefficient (Wildman–Crippen LogP) is 3.89. The summed E-state index contributed by atoms with van der Waals surface area (Å²) in [5.41, 5.74) is 2.22. The first-order valence-corrected chi connectivity index (χ1v) is 6.59. The zero-order valence-corrected chi connectivity index (χ0v) is 10.8. The molecular weight excluding hydrogens is 242 g/mol. The van der Waals surface area contributed by atoms with E-state index in [4.69, 9.17) is 0 Å². The van der Waals surface area contributed by atoms with Crippen LogP contribution in [-0.2, 0) is 7.05 Å². The molecule has 0 aliphatic carbocycles. The third-order valence-corrected chi connectivity index (χ3v) is 3.54. The second kappa shape index (κ2) is 4.66. The highest BCUT2D eigenvalue weighted by Gasteiger charge is 2.03. The Morgan fingerprint density at radius 3 is 2.61 bits per heavy atom. The van der Waals surface area contributed by atoms with Gasteiger partial charge in [0.2, 0.25) is 0 Å². The first kappa shape index (κ1) is 11.0. The molecule has 0 aliphatic rings. The number of imidazole rings is 1. The van der Waals surface area contributed by atoms with Crippen molar-refractivity contribution in [1.82, 2.24) is 9.55 Å². The maximum atomic E-state index is 4.34. The number of anilines is 2. The van der Waals surface area contributed by atoms with Crippen molar-refractivity contribution < 1.29 is 0 Å². The summed E-state index contributed by atoms with van der Waals surface area (Å²) in [7, 11) is 2.00. The van der Waals surface area contributed by atoms with Crippen molar-refractivity contribution in [3.63, 3.8) is 0 Å². The topological polar surface area (TPSA) is 29.9 Å². The third kappa shape index (κ3) is 2.15. The highest BCUT2D eigenvalue weighted by atomic mass is 32.1. The molecular formula is C14H13N3S. The molecule has 0 fully saturated rings. The maximum Gasteiger partial charge on any atom is 0.139 e. The Kier molecular flexibility index (Phi) is 2.86. The van der Waals surface area contributed by atoms with Crippen molar-refractivity contribution in [3.05, 3.63) is 54.2 Å². The van der Waals surface area contributed by atoms with Crippen molar-refractivity contribution in [2.45, 2.75) is 0 Å². The van der Waals surface area contributed by atoms with Crippen molar-refractivity contribution in [1.29, 1.82) is 0 Å². The smallest absolute Gasteiger partial charge is 0.139 e. The van der Waals surface area contributed by atoms with Gasteiger partial charge >= 0.3 is 0 Å². The number of nitrogens with zero attached hydrogens (tertiary/aromatic N) is 2. The molecule has 0 unspecified atom stereocenters. The molecule has 1 N–H and O–H groups in total. The summed E-state index contributed by atoms with van der Waals surface area (Å²) < 4.78 is 2.02. The summed E-state index contributed by atoms with van der Waals surface area (Å²) >= 11 is 1.69. The Morgan fingerprint density at radius 2 is 2.00 bits per heavy atom. The van der Waals surface area contributed by atoms with Gasteiger partial charge in [-0.05, 0) is 41.8 Å². The van der Waals surface area contributed by atoms with Gasteiger partial charge in [0.15, 0.2) is 0 Å². The number of aryl methyl sites for hydroxylation is 1. The monoisotopic (exact) mass is 255 g/mol. The Labute approximate surface area is 110 Å². The molecule has 0 spiro atoms. The summed E-state index contributed by atoms with van der Waals surface area (Å²) in [4.78, 5) is 4.34. The molecule has 0 saturated heterocycles. The van der Waals surface area contributed by atoms with E-state index in [1.54, 1.807) is 11.3 Å². The van der Waals surface area contributed by atoms with Crippen LogP contribution < -0.4 is 5.32 Å². The van der Waals surface area contributed by atoms with E-state index in [9.17, 15) is 0 Å². The standard InChI is InChI=1S/C14H13N3S/c1-17-9-8-15-14(17)11-4-6-12(7-5-11)16-13-3-2-10-18-13/h2-10,16H,1H3. The van der Waals surface area contributed by atoms with Crippen LogP contribution in [-0.4, -0.2) is 9.55 Å². The van der Waals surface area contributed by atoms with Crippen LogP contribution >= 0.6 is 11.3 Å². The fourth-order valence-electron chi connectivity index (χ4n) is 1.84. The molecule has 3 rings (SSSR count). The van der Waals surface area contributed by atoms with Gasteiger partial charge in [0.25, 0.3) is 0 Å². The minimum atomic E-state index is 0.984. The van der Waals surface area contributed by atoms with Crippen molar-refractivity contribution in [2.75, 3.05) is 5.32 Å². The molecule has 4 heteroatoms. The van der Waals surface area contributed by atoms with Crippen LogP contribution in [0.1, 0.15) is 0 Å². The number of hydrogen-bond acceptors (Lipinski definition) is 3. The van der Waals surface area contributed by atoms with Gasteiger partial charge in [0.05, 0.1) is 5.00 Å². The van der Waals surface area contributed by atoms with Gasteiger partial charge in [-0.15, -0.1) is 11.3 Å². The van der Waals surface area contributed by atoms with Crippen LogP contribution in [0.25, 0.3) is 11.4 Å². The highest BCUT2D eigenvalue weighted by molar-refractivity contribution is 7.14. The normalized spacial score (nSPS) is 10.5. The van der Waals surface area contributed by atoms with E-state index in [-0.39, 0.29) is 0 Å². The number of aromatic nitrogens is 2. The van der Waals surface area contributed by atoms with Crippen LogP contribution in [0.5, 0.6) is 0 Å². The Bertz CT molecular complexity index is 623. The van der Waals surface area contributed by atoms with E-state index in [1.807, 2.05) is 30.1 Å². The fourth-order valence-corrected chi connectivity index (χ4v) is 2.48. The quantitative estimate of drug-likeness (QED) is 0.769. The van der Waals surface area contributed by atoms with E-state index in [1.165, 1.54) is 0 Å². The maximum absolute atomic E-state index is 4.34. The van der Waals surface area contributed by atoms with E-state index >= 15 is 0 Å². The zero-order chi connectivity index (χ0) is 12.4.